The summed E-state index contributed by atoms with van der Waals surface area (Å²) in [6.45, 7) is 0.799. The lowest BCUT2D eigenvalue weighted by atomic mass is 10.2. The molecular formula is C19H15Cl2N3O2. The summed E-state index contributed by atoms with van der Waals surface area (Å²) in [7, 11) is 0. The van der Waals surface area contributed by atoms with Gasteiger partial charge in [-0.25, -0.2) is 4.68 Å². The Hall–Kier alpha value is -2.34. The molecule has 0 radical (unpaired) electrons. The lowest BCUT2D eigenvalue weighted by Crippen LogP contribution is -2.13. The van der Waals surface area contributed by atoms with Gasteiger partial charge in [0.1, 0.15) is 17.4 Å². The topological polar surface area (TPSA) is 53.1 Å². The van der Waals surface area contributed by atoms with E-state index in [-0.39, 0.29) is 6.10 Å². The van der Waals surface area contributed by atoms with Crippen molar-refractivity contribution in [1.82, 2.24) is 15.0 Å². The molecule has 2 heterocycles. The van der Waals surface area contributed by atoms with Crippen LogP contribution in [0.3, 0.4) is 0 Å². The zero-order valence-electron chi connectivity index (χ0n) is 13.7. The Morgan fingerprint density at radius 3 is 2.77 bits per heavy atom. The summed E-state index contributed by atoms with van der Waals surface area (Å²) in [4.78, 5) is 0. The predicted octanol–water partition coefficient (Wildman–Crippen LogP) is 5.29. The number of ether oxygens (including phenoxy) is 1. The standard InChI is InChI=1S/C19H15Cl2N3O2/c20-14-8-7-13(15(21)10-14)12-26-19(18-6-3-9-25-18)11-24-17-5-2-1-4-16(17)22-23-24/h1-10,19H,11-12H2/t19-/m0/s1. The normalized spacial score (nSPS) is 12.5. The van der Waals surface area contributed by atoms with Gasteiger partial charge in [0.05, 0.1) is 24.9 Å². The summed E-state index contributed by atoms with van der Waals surface area (Å²) in [5, 5.41) is 9.58. The molecule has 0 fully saturated rings. The number of hydrogen-bond donors (Lipinski definition) is 0. The van der Waals surface area contributed by atoms with Crippen LogP contribution in [0.1, 0.15) is 17.4 Å². The van der Waals surface area contributed by atoms with Gasteiger partial charge in [-0.2, -0.15) is 0 Å². The predicted molar refractivity (Wildman–Crippen MR) is 100 cm³/mol. The molecule has 0 unspecified atom stereocenters. The second kappa shape index (κ2) is 7.50. The van der Waals surface area contributed by atoms with Crippen LogP contribution in [-0.2, 0) is 17.9 Å². The van der Waals surface area contributed by atoms with E-state index < -0.39 is 0 Å². The first-order valence-electron chi connectivity index (χ1n) is 8.08. The van der Waals surface area contributed by atoms with Crippen molar-refractivity contribution >= 4 is 34.2 Å². The Kier molecular flexibility index (Phi) is 4.93. The number of nitrogens with zero attached hydrogens (tertiary/aromatic N) is 3. The number of para-hydroxylation sites is 1. The van der Waals surface area contributed by atoms with E-state index in [9.17, 15) is 0 Å². The van der Waals surface area contributed by atoms with E-state index in [1.807, 2.05) is 47.1 Å². The third-order valence-electron chi connectivity index (χ3n) is 4.07. The van der Waals surface area contributed by atoms with E-state index >= 15 is 0 Å². The number of fused-ring (bicyclic) bond motifs is 1. The Balaban J connectivity index is 1.57. The van der Waals surface area contributed by atoms with Crippen molar-refractivity contribution in [3.8, 4) is 0 Å². The highest BCUT2D eigenvalue weighted by molar-refractivity contribution is 6.35. The molecule has 0 aliphatic heterocycles. The molecule has 0 N–H and O–H groups in total. The van der Waals surface area contributed by atoms with Crippen LogP contribution in [-0.4, -0.2) is 15.0 Å². The maximum absolute atomic E-state index is 6.24. The summed E-state index contributed by atoms with van der Waals surface area (Å²) in [6, 6.07) is 16.9. The highest BCUT2D eigenvalue weighted by Crippen LogP contribution is 2.26. The van der Waals surface area contributed by atoms with E-state index in [2.05, 4.69) is 10.3 Å². The summed E-state index contributed by atoms with van der Waals surface area (Å²) in [5.74, 6) is 0.717. The van der Waals surface area contributed by atoms with Crippen LogP contribution in [0.2, 0.25) is 10.0 Å². The molecular weight excluding hydrogens is 373 g/mol. The second-order valence-corrected chi connectivity index (χ2v) is 6.65. The molecule has 0 aliphatic carbocycles. The average molecular weight is 388 g/mol. The van der Waals surface area contributed by atoms with Crippen molar-refractivity contribution < 1.29 is 9.15 Å². The van der Waals surface area contributed by atoms with E-state index in [1.54, 1.807) is 18.4 Å². The van der Waals surface area contributed by atoms with Gasteiger partial charge in [-0.1, -0.05) is 46.6 Å². The van der Waals surface area contributed by atoms with Gasteiger partial charge in [-0.05, 0) is 42.0 Å². The first-order valence-corrected chi connectivity index (χ1v) is 8.83. The quantitative estimate of drug-likeness (QED) is 0.450. The fourth-order valence-corrected chi connectivity index (χ4v) is 3.20. The third kappa shape index (κ3) is 3.60. The van der Waals surface area contributed by atoms with Gasteiger partial charge in [0, 0.05) is 10.0 Å². The third-order valence-corrected chi connectivity index (χ3v) is 4.66. The first-order chi connectivity index (χ1) is 12.7. The molecule has 4 rings (SSSR count). The van der Waals surface area contributed by atoms with Crippen LogP contribution >= 0.6 is 23.2 Å². The number of aromatic nitrogens is 3. The van der Waals surface area contributed by atoms with Crippen molar-refractivity contribution in [3.63, 3.8) is 0 Å². The number of furan rings is 1. The molecule has 2 aromatic carbocycles. The molecule has 1 atom stereocenters. The molecule has 2 aromatic heterocycles. The van der Waals surface area contributed by atoms with Crippen molar-refractivity contribution in [2.24, 2.45) is 0 Å². The fraction of sp³-hybridized carbons (Fsp3) is 0.158. The monoisotopic (exact) mass is 387 g/mol. The van der Waals surface area contributed by atoms with Gasteiger partial charge in [0.25, 0.3) is 0 Å². The molecule has 0 bridgehead atoms. The average Bonchev–Trinajstić information content (AvgIpc) is 3.30. The summed E-state index contributed by atoms with van der Waals surface area (Å²) < 4.78 is 13.5. The summed E-state index contributed by atoms with van der Waals surface area (Å²) in [6.07, 6.45) is 1.29. The van der Waals surface area contributed by atoms with E-state index in [0.717, 1.165) is 22.4 Å². The minimum absolute atomic E-state index is 0.327. The number of benzene rings is 2. The highest BCUT2D eigenvalue weighted by Gasteiger charge is 2.19. The lowest BCUT2D eigenvalue weighted by Gasteiger charge is -2.17. The highest BCUT2D eigenvalue weighted by atomic mass is 35.5. The van der Waals surface area contributed by atoms with Gasteiger partial charge >= 0.3 is 0 Å². The molecule has 5 nitrogen and oxygen atoms in total. The minimum Gasteiger partial charge on any atom is -0.467 e. The molecule has 132 valence electrons. The van der Waals surface area contributed by atoms with Crippen molar-refractivity contribution in [2.45, 2.75) is 19.3 Å². The smallest absolute Gasteiger partial charge is 0.135 e. The van der Waals surface area contributed by atoms with Gasteiger partial charge in [0.15, 0.2) is 0 Å². The van der Waals surface area contributed by atoms with Crippen LogP contribution in [0.4, 0.5) is 0 Å². The molecule has 0 amide bonds. The van der Waals surface area contributed by atoms with Crippen LogP contribution in [0, 0.1) is 0 Å². The molecule has 26 heavy (non-hydrogen) atoms. The van der Waals surface area contributed by atoms with Crippen LogP contribution < -0.4 is 0 Å². The van der Waals surface area contributed by atoms with Crippen molar-refractivity contribution in [1.29, 1.82) is 0 Å². The van der Waals surface area contributed by atoms with Crippen LogP contribution in [0.15, 0.2) is 65.3 Å². The van der Waals surface area contributed by atoms with Gasteiger partial charge in [-0.3, -0.25) is 0 Å². The van der Waals surface area contributed by atoms with Crippen molar-refractivity contribution in [3.05, 3.63) is 82.2 Å². The molecule has 7 heteroatoms. The fourth-order valence-electron chi connectivity index (χ4n) is 2.74. The summed E-state index contributed by atoms with van der Waals surface area (Å²) >= 11 is 12.2. The first kappa shape index (κ1) is 17.1. The molecule has 0 saturated heterocycles. The van der Waals surface area contributed by atoms with Gasteiger partial charge < -0.3 is 9.15 Å². The van der Waals surface area contributed by atoms with Gasteiger partial charge in [-0.15, -0.1) is 5.10 Å². The Labute approximate surface area is 160 Å². The zero-order chi connectivity index (χ0) is 17.9. The van der Waals surface area contributed by atoms with Crippen molar-refractivity contribution in [2.75, 3.05) is 0 Å². The minimum atomic E-state index is -0.332. The molecule has 0 saturated carbocycles. The lowest BCUT2D eigenvalue weighted by molar-refractivity contribution is 0.0123. The maximum Gasteiger partial charge on any atom is 0.135 e. The Morgan fingerprint density at radius 2 is 1.96 bits per heavy atom. The van der Waals surface area contributed by atoms with Crippen LogP contribution in [0.25, 0.3) is 11.0 Å². The van der Waals surface area contributed by atoms with Gasteiger partial charge in [0.2, 0.25) is 0 Å². The summed E-state index contributed by atoms with van der Waals surface area (Å²) in [5.41, 5.74) is 2.64. The molecule has 4 aromatic rings. The van der Waals surface area contributed by atoms with E-state index in [1.165, 1.54) is 0 Å². The number of hydrogen-bond acceptors (Lipinski definition) is 4. The van der Waals surface area contributed by atoms with Crippen LogP contribution in [0.5, 0.6) is 0 Å². The number of halogens is 2. The SMILES string of the molecule is Clc1ccc(CO[C@@H](Cn2nnc3ccccc32)c2ccco2)c(Cl)c1. The maximum atomic E-state index is 6.24. The van der Waals surface area contributed by atoms with E-state index in [0.29, 0.717) is 23.2 Å². The molecule has 0 spiro atoms. The molecule has 0 aliphatic rings. The Bertz CT molecular complexity index is 1010. The largest absolute Gasteiger partial charge is 0.467 e. The zero-order valence-corrected chi connectivity index (χ0v) is 15.2. The Morgan fingerprint density at radius 1 is 1.08 bits per heavy atom. The number of rotatable bonds is 6. The second-order valence-electron chi connectivity index (χ2n) is 5.81. The van der Waals surface area contributed by atoms with E-state index in [4.69, 9.17) is 32.4 Å².